The van der Waals surface area contributed by atoms with Gasteiger partial charge in [-0.1, -0.05) is 43.3 Å². The molecule has 0 bridgehead atoms. The van der Waals surface area contributed by atoms with E-state index in [-0.39, 0.29) is 5.56 Å². The van der Waals surface area contributed by atoms with E-state index in [9.17, 15) is 4.79 Å². The van der Waals surface area contributed by atoms with Crippen LogP contribution in [0, 0.1) is 13.8 Å². The zero-order valence-corrected chi connectivity index (χ0v) is 15.3. The first-order valence-corrected chi connectivity index (χ1v) is 9.64. The molecule has 23 heavy (non-hydrogen) atoms. The second-order valence-corrected chi connectivity index (χ2v) is 7.80. The highest BCUT2D eigenvalue weighted by Gasteiger charge is 2.17. The third-order valence-electron chi connectivity index (χ3n) is 3.92. The van der Waals surface area contributed by atoms with Crippen LogP contribution in [-0.2, 0) is 0 Å². The highest BCUT2D eigenvalue weighted by atomic mass is 32.2. The van der Waals surface area contributed by atoms with Crippen LogP contribution in [0.5, 0.6) is 0 Å². The Morgan fingerprint density at radius 1 is 1.22 bits per heavy atom. The normalized spacial score (nSPS) is 11.3. The van der Waals surface area contributed by atoms with Crippen molar-refractivity contribution in [1.82, 2.24) is 9.55 Å². The van der Waals surface area contributed by atoms with Crippen molar-refractivity contribution in [3.05, 3.63) is 51.1 Å². The molecule has 3 nitrogen and oxygen atoms in total. The summed E-state index contributed by atoms with van der Waals surface area (Å²) in [4.78, 5) is 20.0. The van der Waals surface area contributed by atoms with Gasteiger partial charge in [-0.3, -0.25) is 9.36 Å². The molecule has 3 aromatic rings. The van der Waals surface area contributed by atoms with Crippen LogP contribution >= 0.6 is 23.1 Å². The monoisotopic (exact) mass is 344 g/mol. The van der Waals surface area contributed by atoms with Crippen molar-refractivity contribution in [3.8, 4) is 5.69 Å². The first-order chi connectivity index (χ1) is 11.1. The highest BCUT2D eigenvalue weighted by Crippen LogP contribution is 2.29. The van der Waals surface area contributed by atoms with Crippen LogP contribution in [0.2, 0.25) is 0 Å². The minimum absolute atomic E-state index is 0.0436. The SMILES string of the molecule is CCCCSc1nc2sc(C)c(C)c2c(=O)n1-c1ccccc1. The van der Waals surface area contributed by atoms with E-state index in [1.54, 1.807) is 27.7 Å². The molecule has 2 heterocycles. The Bertz CT molecular complexity index is 881. The number of aromatic nitrogens is 2. The van der Waals surface area contributed by atoms with Gasteiger partial charge in [0.2, 0.25) is 0 Å². The minimum Gasteiger partial charge on any atom is -0.268 e. The van der Waals surface area contributed by atoms with E-state index in [0.717, 1.165) is 45.2 Å². The van der Waals surface area contributed by atoms with Crippen molar-refractivity contribution >= 4 is 33.3 Å². The Kier molecular flexibility index (Phi) is 4.87. The number of thioether (sulfide) groups is 1. The van der Waals surface area contributed by atoms with Gasteiger partial charge in [-0.25, -0.2) is 4.98 Å². The molecule has 0 atom stereocenters. The van der Waals surface area contributed by atoms with Crippen LogP contribution < -0.4 is 5.56 Å². The maximum absolute atomic E-state index is 13.1. The first kappa shape index (κ1) is 16.3. The van der Waals surface area contributed by atoms with Gasteiger partial charge < -0.3 is 0 Å². The molecular formula is C18H20N2OS2. The summed E-state index contributed by atoms with van der Waals surface area (Å²) in [6.07, 6.45) is 2.26. The van der Waals surface area contributed by atoms with Gasteiger partial charge >= 0.3 is 0 Å². The van der Waals surface area contributed by atoms with Crippen LogP contribution in [0.25, 0.3) is 15.9 Å². The highest BCUT2D eigenvalue weighted by molar-refractivity contribution is 7.99. The third-order valence-corrected chi connectivity index (χ3v) is 6.04. The number of rotatable bonds is 5. The van der Waals surface area contributed by atoms with E-state index in [4.69, 9.17) is 4.98 Å². The number of hydrogen-bond donors (Lipinski definition) is 0. The summed E-state index contributed by atoms with van der Waals surface area (Å²) in [7, 11) is 0. The Balaban J connectivity index is 2.24. The topological polar surface area (TPSA) is 34.9 Å². The molecule has 0 aliphatic carbocycles. The zero-order chi connectivity index (χ0) is 16.4. The number of para-hydroxylation sites is 1. The van der Waals surface area contributed by atoms with Crippen LogP contribution in [0.4, 0.5) is 0 Å². The minimum atomic E-state index is 0.0436. The van der Waals surface area contributed by atoms with E-state index in [2.05, 4.69) is 13.8 Å². The lowest BCUT2D eigenvalue weighted by atomic mass is 10.2. The number of thiophene rings is 1. The number of hydrogen-bond acceptors (Lipinski definition) is 4. The molecule has 120 valence electrons. The van der Waals surface area contributed by atoms with E-state index >= 15 is 0 Å². The van der Waals surface area contributed by atoms with Crippen molar-refractivity contribution in [2.75, 3.05) is 5.75 Å². The zero-order valence-electron chi connectivity index (χ0n) is 13.6. The quantitative estimate of drug-likeness (QED) is 0.373. The maximum atomic E-state index is 13.1. The Morgan fingerprint density at radius 3 is 2.65 bits per heavy atom. The summed E-state index contributed by atoms with van der Waals surface area (Å²) in [6.45, 7) is 6.24. The fourth-order valence-electron chi connectivity index (χ4n) is 2.48. The van der Waals surface area contributed by atoms with Crippen LogP contribution in [0.1, 0.15) is 30.2 Å². The van der Waals surface area contributed by atoms with Crippen molar-refractivity contribution in [2.45, 2.75) is 38.8 Å². The lowest BCUT2D eigenvalue weighted by molar-refractivity contribution is 0.816. The molecule has 0 radical (unpaired) electrons. The average Bonchev–Trinajstić information content (AvgIpc) is 2.83. The predicted molar refractivity (Wildman–Crippen MR) is 100 cm³/mol. The number of aryl methyl sites for hydroxylation is 2. The summed E-state index contributed by atoms with van der Waals surface area (Å²) < 4.78 is 1.77. The first-order valence-electron chi connectivity index (χ1n) is 7.84. The molecule has 2 aromatic heterocycles. The summed E-state index contributed by atoms with van der Waals surface area (Å²) in [5, 5.41) is 1.56. The number of nitrogens with zero attached hydrogens (tertiary/aromatic N) is 2. The molecule has 0 aliphatic rings. The lowest BCUT2D eigenvalue weighted by Gasteiger charge is -2.12. The summed E-state index contributed by atoms with van der Waals surface area (Å²) >= 11 is 3.28. The molecule has 0 saturated carbocycles. The molecular weight excluding hydrogens is 324 g/mol. The predicted octanol–water partition coefficient (Wildman–Crippen LogP) is 4.96. The second-order valence-electron chi connectivity index (χ2n) is 5.54. The van der Waals surface area contributed by atoms with Crippen LogP contribution in [0.3, 0.4) is 0 Å². The summed E-state index contributed by atoms with van der Waals surface area (Å²) in [5.74, 6) is 0.977. The second kappa shape index (κ2) is 6.89. The largest absolute Gasteiger partial charge is 0.268 e. The summed E-state index contributed by atoms with van der Waals surface area (Å²) in [5.41, 5.74) is 1.98. The van der Waals surface area contributed by atoms with Crippen molar-refractivity contribution in [3.63, 3.8) is 0 Å². The van der Waals surface area contributed by atoms with Crippen molar-refractivity contribution in [1.29, 1.82) is 0 Å². The van der Waals surface area contributed by atoms with E-state index in [1.807, 2.05) is 37.3 Å². The smallest absolute Gasteiger partial charge is 0.267 e. The molecule has 0 amide bonds. The Labute approximate surface area is 144 Å². The molecule has 0 spiro atoms. The fourth-order valence-corrected chi connectivity index (χ4v) is 4.65. The molecule has 5 heteroatoms. The van der Waals surface area contributed by atoms with Gasteiger partial charge in [0.15, 0.2) is 5.16 Å². The lowest BCUT2D eigenvalue weighted by Crippen LogP contribution is -2.21. The molecule has 0 N–H and O–H groups in total. The van der Waals surface area contributed by atoms with Gasteiger partial charge in [-0.15, -0.1) is 11.3 Å². The summed E-state index contributed by atoms with van der Waals surface area (Å²) in [6, 6.07) is 9.81. The number of unbranched alkanes of at least 4 members (excludes halogenated alkanes) is 1. The van der Waals surface area contributed by atoms with Gasteiger partial charge in [0, 0.05) is 10.6 Å². The molecule has 3 rings (SSSR count). The van der Waals surface area contributed by atoms with E-state index < -0.39 is 0 Å². The van der Waals surface area contributed by atoms with Crippen LogP contribution in [0.15, 0.2) is 40.3 Å². The Morgan fingerprint density at radius 2 is 1.96 bits per heavy atom. The average molecular weight is 345 g/mol. The maximum Gasteiger partial charge on any atom is 0.267 e. The standard InChI is InChI=1S/C18H20N2OS2/c1-4-5-11-22-18-19-16-15(12(2)13(3)23-16)17(21)20(18)14-9-7-6-8-10-14/h6-10H,4-5,11H2,1-3H3. The van der Waals surface area contributed by atoms with Gasteiger partial charge in [0.25, 0.3) is 5.56 Å². The Hall–Kier alpha value is -1.59. The van der Waals surface area contributed by atoms with Crippen LogP contribution in [-0.4, -0.2) is 15.3 Å². The van der Waals surface area contributed by atoms with Crippen molar-refractivity contribution in [2.24, 2.45) is 0 Å². The molecule has 0 saturated heterocycles. The van der Waals surface area contributed by atoms with E-state index in [1.165, 1.54) is 4.88 Å². The molecule has 0 fully saturated rings. The van der Waals surface area contributed by atoms with Gasteiger partial charge in [-0.05, 0) is 38.0 Å². The molecule has 1 aromatic carbocycles. The number of fused-ring (bicyclic) bond motifs is 1. The number of benzene rings is 1. The van der Waals surface area contributed by atoms with Gasteiger partial charge in [0.1, 0.15) is 4.83 Å². The molecule has 0 aliphatic heterocycles. The van der Waals surface area contributed by atoms with E-state index in [0.29, 0.717) is 0 Å². The third kappa shape index (κ3) is 3.08. The molecule has 0 unspecified atom stereocenters. The fraction of sp³-hybridized carbons (Fsp3) is 0.333. The van der Waals surface area contributed by atoms with Gasteiger partial charge in [-0.2, -0.15) is 0 Å². The van der Waals surface area contributed by atoms with Gasteiger partial charge in [0.05, 0.1) is 11.1 Å². The van der Waals surface area contributed by atoms with Crippen molar-refractivity contribution < 1.29 is 0 Å².